The predicted molar refractivity (Wildman–Crippen MR) is 102 cm³/mol. The molecule has 0 spiro atoms. The maximum atomic E-state index is 12.3. The normalized spacial score (nSPS) is 15.8. The molecule has 0 radical (unpaired) electrons. The van der Waals surface area contributed by atoms with Crippen LogP contribution in [0.2, 0.25) is 0 Å². The molecule has 2 aromatic rings. The van der Waals surface area contributed by atoms with E-state index in [4.69, 9.17) is 11.2 Å². The summed E-state index contributed by atoms with van der Waals surface area (Å²) in [6, 6.07) is 16.3. The van der Waals surface area contributed by atoms with Gasteiger partial charge in [-0.3, -0.25) is 4.79 Å². The van der Waals surface area contributed by atoms with E-state index in [2.05, 4.69) is 40.8 Å². The number of benzene rings is 2. The van der Waals surface area contributed by atoms with Gasteiger partial charge >= 0.3 is 6.09 Å². The van der Waals surface area contributed by atoms with E-state index >= 15 is 0 Å². The number of alkyl carbamates (subject to hydrolysis) is 1. The summed E-state index contributed by atoms with van der Waals surface area (Å²) in [5.41, 5.74) is 3.78. The molecular formula is C22H20N2O3. The fraction of sp³-hybridized carbons (Fsp3) is 0.273. The fourth-order valence-electron chi connectivity index (χ4n) is 3.66. The van der Waals surface area contributed by atoms with Crippen molar-refractivity contribution in [2.45, 2.75) is 24.3 Å². The van der Waals surface area contributed by atoms with Crippen LogP contribution in [0.4, 0.5) is 4.79 Å². The average Bonchev–Trinajstić information content (AvgIpc) is 3.40. The van der Waals surface area contributed by atoms with Gasteiger partial charge in [0, 0.05) is 5.92 Å². The van der Waals surface area contributed by atoms with E-state index in [0.717, 1.165) is 11.1 Å². The van der Waals surface area contributed by atoms with Gasteiger partial charge in [-0.15, -0.1) is 6.42 Å². The SMILES string of the molecule is C#CCNC(=O)C1(NC(=O)OCC2c3ccccc3-c3ccccc32)CC1. The van der Waals surface area contributed by atoms with Gasteiger partial charge < -0.3 is 15.4 Å². The van der Waals surface area contributed by atoms with E-state index in [9.17, 15) is 9.59 Å². The zero-order valence-corrected chi connectivity index (χ0v) is 14.8. The molecule has 1 saturated carbocycles. The lowest BCUT2D eigenvalue weighted by atomic mass is 9.98. The lowest BCUT2D eigenvalue weighted by molar-refractivity contribution is -0.123. The molecular weight excluding hydrogens is 340 g/mol. The van der Waals surface area contributed by atoms with Gasteiger partial charge in [0.25, 0.3) is 0 Å². The van der Waals surface area contributed by atoms with Crippen LogP contribution in [-0.2, 0) is 9.53 Å². The molecule has 0 heterocycles. The number of hydrogen-bond acceptors (Lipinski definition) is 3. The molecule has 2 aliphatic carbocycles. The molecule has 2 aliphatic rings. The topological polar surface area (TPSA) is 67.4 Å². The molecule has 27 heavy (non-hydrogen) atoms. The van der Waals surface area contributed by atoms with Crippen LogP contribution in [0.15, 0.2) is 48.5 Å². The van der Waals surface area contributed by atoms with Crippen molar-refractivity contribution in [1.29, 1.82) is 0 Å². The highest BCUT2D eigenvalue weighted by molar-refractivity contribution is 5.93. The van der Waals surface area contributed by atoms with E-state index in [0.29, 0.717) is 12.8 Å². The summed E-state index contributed by atoms with van der Waals surface area (Å²) in [5.74, 6) is 2.10. The van der Waals surface area contributed by atoms with Gasteiger partial charge in [0.15, 0.2) is 0 Å². The van der Waals surface area contributed by atoms with Crippen molar-refractivity contribution in [3.05, 3.63) is 59.7 Å². The minimum absolute atomic E-state index is 0.00595. The van der Waals surface area contributed by atoms with E-state index < -0.39 is 11.6 Å². The highest BCUT2D eigenvalue weighted by Crippen LogP contribution is 2.44. The number of hydrogen-bond donors (Lipinski definition) is 2. The molecule has 136 valence electrons. The summed E-state index contributed by atoms with van der Waals surface area (Å²) in [4.78, 5) is 24.4. The van der Waals surface area contributed by atoms with Crippen LogP contribution in [0.3, 0.4) is 0 Å². The first-order valence-corrected chi connectivity index (χ1v) is 8.99. The Hall–Kier alpha value is -3.26. The van der Waals surface area contributed by atoms with Gasteiger partial charge in [-0.2, -0.15) is 0 Å². The molecule has 0 bridgehead atoms. The van der Waals surface area contributed by atoms with Crippen molar-refractivity contribution >= 4 is 12.0 Å². The van der Waals surface area contributed by atoms with Gasteiger partial charge in [-0.05, 0) is 35.1 Å². The molecule has 0 aliphatic heterocycles. The number of amides is 2. The third-order valence-electron chi connectivity index (χ3n) is 5.22. The van der Waals surface area contributed by atoms with Crippen molar-refractivity contribution in [1.82, 2.24) is 10.6 Å². The van der Waals surface area contributed by atoms with Crippen LogP contribution in [0.1, 0.15) is 29.9 Å². The van der Waals surface area contributed by atoms with Crippen LogP contribution < -0.4 is 10.6 Å². The first-order valence-electron chi connectivity index (χ1n) is 8.99. The summed E-state index contributed by atoms with van der Waals surface area (Å²) >= 11 is 0. The number of rotatable bonds is 5. The number of terminal acetylenes is 1. The van der Waals surface area contributed by atoms with Crippen molar-refractivity contribution in [3.8, 4) is 23.5 Å². The summed E-state index contributed by atoms with van der Waals surface area (Å²) in [6.07, 6.45) is 5.76. The minimum atomic E-state index is -0.876. The van der Waals surface area contributed by atoms with Gasteiger partial charge in [-0.25, -0.2) is 4.79 Å². The Labute approximate surface area is 158 Å². The molecule has 2 amide bonds. The second-order valence-electron chi connectivity index (χ2n) is 6.92. The van der Waals surface area contributed by atoms with Crippen LogP contribution in [-0.4, -0.2) is 30.7 Å². The van der Waals surface area contributed by atoms with Crippen LogP contribution in [0.25, 0.3) is 11.1 Å². The Morgan fingerprint density at radius 1 is 1.07 bits per heavy atom. The molecule has 2 N–H and O–H groups in total. The van der Waals surface area contributed by atoms with E-state index in [-0.39, 0.29) is 25.0 Å². The Balaban J connectivity index is 1.43. The van der Waals surface area contributed by atoms with Crippen molar-refractivity contribution in [3.63, 3.8) is 0 Å². The second kappa shape index (κ2) is 6.81. The largest absolute Gasteiger partial charge is 0.449 e. The maximum absolute atomic E-state index is 12.3. The zero-order chi connectivity index (χ0) is 18.9. The van der Waals surface area contributed by atoms with Gasteiger partial charge in [0.05, 0.1) is 6.54 Å². The molecule has 4 rings (SSSR count). The quantitative estimate of drug-likeness (QED) is 0.806. The highest BCUT2D eigenvalue weighted by atomic mass is 16.5. The summed E-state index contributed by atoms with van der Waals surface area (Å²) in [7, 11) is 0. The van der Waals surface area contributed by atoms with Crippen molar-refractivity contribution in [2.75, 3.05) is 13.2 Å². The van der Waals surface area contributed by atoms with Gasteiger partial charge in [0.1, 0.15) is 12.1 Å². The van der Waals surface area contributed by atoms with Crippen LogP contribution >= 0.6 is 0 Å². The first kappa shape index (κ1) is 17.2. The maximum Gasteiger partial charge on any atom is 0.408 e. The third kappa shape index (κ3) is 3.15. The summed E-state index contributed by atoms with van der Waals surface area (Å²) < 4.78 is 5.50. The average molecular weight is 360 g/mol. The smallest absolute Gasteiger partial charge is 0.408 e. The second-order valence-corrected chi connectivity index (χ2v) is 6.92. The fourth-order valence-corrected chi connectivity index (χ4v) is 3.66. The number of carbonyl (C=O) groups is 2. The molecule has 0 atom stereocenters. The molecule has 5 heteroatoms. The molecule has 5 nitrogen and oxygen atoms in total. The standard InChI is InChI=1S/C22H20N2O3/c1-2-13-23-20(25)22(11-12-22)24-21(26)27-14-19-17-9-5-3-7-15(17)16-8-4-6-10-18(16)19/h1,3-10,19H,11-14H2,(H,23,25)(H,24,26). The lowest BCUT2D eigenvalue weighted by Crippen LogP contribution is -2.49. The Morgan fingerprint density at radius 3 is 2.22 bits per heavy atom. The van der Waals surface area contributed by atoms with E-state index in [1.807, 2.05) is 24.3 Å². The number of carbonyl (C=O) groups excluding carboxylic acids is 2. The number of ether oxygens (including phenoxy) is 1. The van der Waals surface area contributed by atoms with Crippen LogP contribution in [0, 0.1) is 12.3 Å². The third-order valence-corrected chi connectivity index (χ3v) is 5.22. The monoisotopic (exact) mass is 360 g/mol. The molecule has 2 aromatic carbocycles. The first-order chi connectivity index (χ1) is 13.1. The Morgan fingerprint density at radius 2 is 1.67 bits per heavy atom. The minimum Gasteiger partial charge on any atom is -0.449 e. The number of fused-ring (bicyclic) bond motifs is 3. The molecule has 0 saturated heterocycles. The lowest BCUT2D eigenvalue weighted by Gasteiger charge is -2.18. The summed E-state index contributed by atoms with van der Waals surface area (Å²) in [6.45, 7) is 0.370. The van der Waals surface area contributed by atoms with Gasteiger partial charge in [0.2, 0.25) is 5.91 Å². The van der Waals surface area contributed by atoms with Crippen LogP contribution in [0.5, 0.6) is 0 Å². The predicted octanol–water partition coefficient (Wildman–Crippen LogP) is 2.81. The van der Waals surface area contributed by atoms with E-state index in [1.165, 1.54) is 11.1 Å². The van der Waals surface area contributed by atoms with Crippen molar-refractivity contribution < 1.29 is 14.3 Å². The Kier molecular flexibility index (Phi) is 4.33. The molecule has 0 unspecified atom stereocenters. The molecule has 0 aromatic heterocycles. The van der Waals surface area contributed by atoms with E-state index in [1.54, 1.807) is 0 Å². The number of nitrogens with one attached hydrogen (secondary N) is 2. The van der Waals surface area contributed by atoms with Gasteiger partial charge in [-0.1, -0.05) is 54.5 Å². The molecule has 1 fully saturated rings. The zero-order valence-electron chi connectivity index (χ0n) is 14.8. The summed E-state index contributed by atoms with van der Waals surface area (Å²) in [5, 5.41) is 5.32. The Bertz CT molecular complexity index is 895. The highest BCUT2D eigenvalue weighted by Gasteiger charge is 2.51. The van der Waals surface area contributed by atoms with Crippen molar-refractivity contribution in [2.24, 2.45) is 0 Å².